The van der Waals surface area contributed by atoms with Crippen LogP contribution < -0.4 is 4.74 Å². The van der Waals surface area contributed by atoms with Crippen molar-refractivity contribution >= 4 is 0 Å². The lowest BCUT2D eigenvalue weighted by Crippen LogP contribution is -2.02. The molecular formula is C39H56O2. The molecule has 0 spiro atoms. The lowest BCUT2D eigenvalue weighted by Gasteiger charge is -2.15. The van der Waals surface area contributed by atoms with Gasteiger partial charge in [-0.1, -0.05) is 158 Å². The van der Waals surface area contributed by atoms with E-state index in [-0.39, 0.29) is 6.10 Å². The highest BCUT2D eigenvalue weighted by atomic mass is 16.5. The summed E-state index contributed by atoms with van der Waals surface area (Å²) in [5.41, 5.74) is 6.20. The largest absolute Gasteiger partial charge is 0.494 e. The SMILES string of the molecule is CCCCCCCCCCCOc1ccc(-c2ccccc2-c2ccc(C(C)OCCCCCCCC)cc2)cc1. The monoisotopic (exact) mass is 556 g/mol. The van der Waals surface area contributed by atoms with Gasteiger partial charge >= 0.3 is 0 Å². The number of hydrogen-bond donors (Lipinski definition) is 0. The number of unbranched alkanes of at least 4 members (excludes halogenated alkanes) is 13. The van der Waals surface area contributed by atoms with E-state index in [4.69, 9.17) is 9.47 Å². The zero-order chi connectivity index (χ0) is 29.0. The summed E-state index contributed by atoms with van der Waals surface area (Å²) < 4.78 is 12.2. The highest BCUT2D eigenvalue weighted by molar-refractivity contribution is 5.83. The van der Waals surface area contributed by atoms with E-state index in [1.165, 1.54) is 111 Å². The van der Waals surface area contributed by atoms with Crippen LogP contribution >= 0.6 is 0 Å². The van der Waals surface area contributed by atoms with Crippen LogP contribution in [0.4, 0.5) is 0 Å². The van der Waals surface area contributed by atoms with Crippen molar-refractivity contribution in [1.29, 1.82) is 0 Å². The molecule has 3 aromatic rings. The second-order valence-corrected chi connectivity index (χ2v) is 11.6. The zero-order valence-corrected chi connectivity index (χ0v) is 26.3. The molecule has 224 valence electrons. The average Bonchev–Trinajstić information content (AvgIpc) is 3.02. The van der Waals surface area contributed by atoms with Gasteiger partial charge in [0, 0.05) is 6.61 Å². The molecule has 0 aliphatic carbocycles. The van der Waals surface area contributed by atoms with Crippen molar-refractivity contribution < 1.29 is 9.47 Å². The van der Waals surface area contributed by atoms with Gasteiger partial charge in [-0.25, -0.2) is 0 Å². The van der Waals surface area contributed by atoms with Crippen LogP contribution in [0.5, 0.6) is 5.75 Å². The van der Waals surface area contributed by atoms with Crippen LogP contribution in [0.2, 0.25) is 0 Å². The third-order valence-electron chi connectivity index (χ3n) is 8.17. The third kappa shape index (κ3) is 12.4. The first-order chi connectivity index (χ1) is 20.2. The van der Waals surface area contributed by atoms with Crippen molar-refractivity contribution in [2.45, 2.75) is 123 Å². The summed E-state index contributed by atoms with van der Waals surface area (Å²) >= 11 is 0. The van der Waals surface area contributed by atoms with E-state index in [2.05, 4.69) is 93.6 Å². The molecule has 0 radical (unpaired) electrons. The molecule has 0 heterocycles. The highest BCUT2D eigenvalue weighted by Crippen LogP contribution is 2.33. The Balaban J connectivity index is 1.45. The van der Waals surface area contributed by atoms with Gasteiger partial charge in [0.15, 0.2) is 0 Å². The van der Waals surface area contributed by atoms with E-state index >= 15 is 0 Å². The van der Waals surface area contributed by atoms with Crippen molar-refractivity contribution in [3.05, 3.63) is 78.4 Å². The first-order valence-electron chi connectivity index (χ1n) is 16.8. The van der Waals surface area contributed by atoms with Gasteiger partial charge in [0.05, 0.1) is 12.7 Å². The summed E-state index contributed by atoms with van der Waals surface area (Å²) in [5.74, 6) is 0.963. The van der Waals surface area contributed by atoms with Crippen molar-refractivity contribution in [2.24, 2.45) is 0 Å². The molecular weight excluding hydrogens is 500 g/mol. The van der Waals surface area contributed by atoms with Gasteiger partial charge in [-0.15, -0.1) is 0 Å². The van der Waals surface area contributed by atoms with Gasteiger partial charge in [0.2, 0.25) is 0 Å². The summed E-state index contributed by atoms with van der Waals surface area (Å²) in [6, 6.07) is 26.2. The van der Waals surface area contributed by atoms with Gasteiger partial charge in [-0.2, -0.15) is 0 Å². The smallest absolute Gasteiger partial charge is 0.119 e. The summed E-state index contributed by atoms with van der Waals surface area (Å²) in [6.07, 6.45) is 19.9. The Morgan fingerprint density at radius 3 is 1.44 bits per heavy atom. The predicted octanol–water partition coefficient (Wildman–Crippen LogP) is 12.4. The molecule has 1 unspecified atom stereocenters. The fourth-order valence-electron chi connectivity index (χ4n) is 5.49. The van der Waals surface area contributed by atoms with Crippen molar-refractivity contribution in [3.63, 3.8) is 0 Å². The summed E-state index contributed by atoms with van der Waals surface area (Å²) in [4.78, 5) is 0. The molecule has 41 heavy (non-hydrogen) atoms. The Bertz CT molecular complexity index is 1050. The predicted molar refractivity (Wildman–Crippen MR) is 178 cm³/mol. The third-order valence-corrected chi connectivity index (χ3v) is 8.17. The number of benzene rings is 3. The summed E-state index contributed by atoms with van der Waals surface area (Å²) in [7, 11) is 0. The molecule has 2 nitrogen and oxygen atoms in total. The number of hydrogen-bond acceptors (Lipinski definition) is 2. The number of ether oxygens (including phenoxy) is 2. The van der Waals surface area contributed by atoms with Gasteiger partial charge in [-0.3, -0.25) is 0 Å². The van der Waals surface area contributed by atoms with E-state index in [0.29, 0.717) is 0 Å². The van der Waals surface area contributed by atoms with Gasteiger partial charge in [0.1, 0.15) is 5.75 Å². The molecule has 0 N–H and O–H groups in total. The van der Waals surface area contributed by atoms with Crippen LogP contribution in [0.15, 0.2) is 72.8 Å². The Labute approximate surface area is 251 Å². The van der Waals surface area contributed by atoms with Gasteiger partial charge in [0.25, 0.3) is 0 Å². The highest BCUT2D eigenvalue weighted by Gasteiger charge is 2.10. The molecule has 0 saturated heterocycles. The molecule has 0 saturated carbocycles. The maximum absolute atomic E-state index is 6.14. The first-order valence-corrected chi connectivity index (χ1v) is 16.8. The average molecular weight is 557 g/mol. The Morgan fingerprint density at radius 2 is 0.927 bits per heavy atom. The molecule has 2 heteroatoms. The quantitative estimate of drug-likeness (QED) is 0.115. The number of rotatable bonds is 22. The molecule has 1 atom stereocenters. The van der Waals surface area contributed by atoms with E-state index < -0.39 is 0 Å². The van der Waals surface area contributed by atoms with Crippen LogP contribution in [0.25, 0.3) is 22.3 Å². The Morgan fingerprint density at radius 1 is 0.488 bits per heavy atom. The van der Waals surface area contributed by atoms with Gasteiger partial charge in [-0.05, 0) is 59.7 Å². The molecule has 0 aliphatic rings. The Hall–Kier alpha value is -2.58. The van der Waals surface area contributed by atoms with Crippen molar-refractivity contribution in [1.82, 2.24) is 0 Å². The summed E-state index contributed by atoms with van der Waals surface area (Å²) in [6.45, 7) is 8.36. The molecule has 0 fully saturated rings. The standard InChI is InChI=1S/C39H56O2/c1-4-6-8-10-12-13-14-16-20-32-41-37-29-27-36(28-30-37)39-22-18-17-21-38(39)35-25-23-34(24-26-35)33(3)40-31-19-15-11-9-7-5-2/h17-18,21-30,33H,4-16,19-20,31-32H2,1-3H3. The lowest BCUT2D eigenvalue weighted by molar-refractivity contribution is 0.0627. The van der Waals surface area contributed by atoms with Crippen molar-refractivity contribution in [2.75, 3.05) is 13.2 Å². The lowest BCUT2D eigenvalue weighted by atomic mass is 9.94. The van der Waals surface area contributed by atoms with Crippen LogP contribution in [0, 0.1) is 0 Å². The molecule has 0 aromatic heterocycles. The van der Waals surface area contributed by atoms with E-state index in [0.717, 1.165) is 31.8 Å². The molecule has 3 aromatic carbocycles. The van der Waals surface area contributed by atoms with Crippen molar-refractivity contribution in [3.8, 4) is 28.0 Å². The van der Waals surface area contributed by atoms with Crippen LogP contribution in [0.1, 0.15) is 129 Å². The minimum absolute atomic E-state index is 0.123. The fraction of sp³-hybridized carbons (Fsp3) is 0.538. The second kappa shape index (κ2) is 20.3. The second-order valence-electron chi connectivity index (χ2n) is 11.6. The minimum atomic E-state index is 0.123. The van der Waals surface area contributed by atoms with Crippen LogP contribution in [-0.4, -0.2) is 13.2 Å². The van der Waals surface area contributed by atoms with Gasteiger partial charge < -0.3 is 9.47 Å². The molecule has 0 amide bonds. The normalized spacial score (nSPS) is 12.0. The first kappa shape index (κ1) is 32.9. The Kier molecular flexibility index (Phi) is 16.3. The topological polar surface area (TPSA) is 18.5 Å². The molecule has 3 rings (SSSR count). The summed E-state index contributed by atoms with van der Waals surface area (Å²) in [5, 5.41) is 0. The van der Waals surface area contributed by atoms with Crippen LogP contribution in [-0.2, 0) is 4.74 Å². The zero-order valence-electron chi connectivity index (χ0n) is 26.3. The van der Waals surface area contributed by atoms with E-state index in [1.807, 2.05) is 0 Å². The molecule has 0 aliphatic heterocycles. The van der Waals surface area contributed by atoms with Crippen LogP contribution in [0.3, 0.4) is 0 Å². The molecule has 0 bridgehead atoms. The van der Waals surface area contributed by atoms with E-state index in [1.54, 1.807) is 0 Å². The fourth-order valence-corrected chi connectivity index (χ4v) is 5.49. The maximum Gasteiger partial charge on any atom is 0.119 e. The minimum Gasteiger partial charge on any atom is -0.494 e. The maximum atomic E-state index is 6.14. The van der Waals surface area contributed by atoms with E-state index in [9.17, 15) is 0 Å².